The molecule has 0 fully saturated rings. The van der Waals surface area contributed by atoms with E-state index in [0.717, 1.165) is 26.2 Å². The van der Waals surface area contributed by atoms with Crippen LogP contribution in [-0.2, 0) is 0 Å². The molecule has 0 aromatic heterocycles. The summed E-state index contributed by atoms with van der Waals surface area (Å²) < 4.78 is 0. The zero-order valence-electron chi connectivity index (χ0n) is 11.2. The summed E-state index contributed by atoms with van der Waals surface area (Å²) >= 11 is 0. The van der Waals surface area contributed by atoms with Gasteiger partial charge in [0.1, 0.15) is 0 Å². The number of hydrogen-bond acceptors (Lipinski definition) is 2. The van der Waals surface area contributed by atoms with Crippen LogP contribution < -0.4 is 0 Å². The maximum absolute atomic E-state index is 2.51. The average molecular weight is 212 g/mol. The molecule has 0 aliphatic heterocycles. The van der Waals surface area contributed by atoms with Crippen molar-refractivity contribution >= 4 is 0 Å². The number of rotatable bonds is 8. The number of hydrogen-bond donors (Lipinski definition) is 0. The van der Waals surface area contributed by atoms with Gasteiger partial charge in [0.25, 0.3) is 0 Å². The largest absolute Gasteiger partial charge is 0.303 e. The Morgan fingerprint density at radius 2 is 1.40 bits per heavy atom. The van der Waals surface area contributed by atoms with E-state index >= 15 is 0 Å². The maximum Gasteiger partial charge on any atom is 0.0190 e. The lowest BCUT2D eigenvalue weighted by molar-refractivity contribution is 0.231. The first-order chi connectivity index (χ1) is 7.17. The molecule has 2 nitrogen and oxygen atoms in total. The third-order valence-electron chi connectivity index (χ3n) is 3.04. The first kappa shape index (κ1) is 14.7. The van der Waals surface area contributed by atoms with Crippen molar-refractivity contribution in [1.82, 2.24) is 9.80 Å². The van der Waals surface area contributed by atoms with Crippen LogP contribution in [0.5, 0.6) is 0 Å². The van der Waals surface area contributed by atoms with Crippen molar-refractivity contribution in [3.63, 3.8) is 0 Å². The summed E-state index contributed by atoms with van der Waals surface area (Å²) in [5, 5.41) is 0. The third kappa shape index (κ3) is 6.69. The number of nitrogens with zero attached hydrogens (tertiary/aromatic N) is 2. The lowest BCUT2D eigenvalue weighted by atomic mass is 10.2. The fourth-order valence-corrected chi connectivity index (χ4v) is 1.62. The summed E-state index contributed by atoms with van der Waals surface area (Å²) in [5.41, 5.74) is 1.47. The Hall–Kier alpha value is -0.340. The molecule has 0 aromatic carbocycles. The minimum atomic E-state index is 1.12. The molecule has 0 radical (unpaired) electrons. The van der Waals surface area contributed by atoms with E-state index in [9.17, 15) is 0 Å². The zero-order valence-corrected chi connectivity index (χ0v) is 11.2. The van der Waals surface area contributed by atoms with Gasteiger partial charge in [0, 0.05) is 19.6 Å². The first-order valence-electron chi connectivity index (χ1n) is 6.24. The lowest BCUT2D eigenvalue weighted by Crippen LogP contribution is -2.35. The molecular weight excluding hydrogens is 184 g/mol. The van der Waals surface area contributed by atoms with E-state index in [1.54, 1.807) is 0 Å². The molecule has 0 rings (SSSR count). The molecule has 2 heteroatoms. The molecule has 0 aliphatic rings. The average Bonchev–Trinajstić information content (AvgIpc) is 2.28. The van der Waals surface area contributed by atoms with Crippen molar-refractivity contribution in [3.8, 4) is 0 Å². The van der Waals surface area contributed by atoms with Crippen LogP contribution in [0.4, 0.5) is 0 Å². The van der Waals surface area contributed by atoms with Crippen molar-refractivity contribution in [2.24, 2.45) is 0 Å². The Morgan fingerprint density at radius 3 is 1.80 bits per heavy atom. The van der Waals surface area contributed by atoms with E-state index in [1.165, 1.54) is 18.7 Å². The van der Waals surface area contributed by atoms with Crippen LogP contribution in [0.2, 0.25) is 0 Å². The highest BCUT2D eigenvalue weighted by Gasteiger charge is 2.05. The molecule has 0 amide bonds. The first-order valence-corrected chi connectivity index (χ1v) is 6.24. The lowest BCUT2D eigenvalue weighted by Gasteiger charge is -2.25. The molecule has 90 valence electrons. The van der Waals surface area contributed by atoms with Gasteiger partial charge < -0.3 is 4.90 Å². The fourth-order valence-electron chi connectivity index (χ4n) is 1.62. The molecule has 0 saturated heterocycles. The molecule has 0 unspecified atom stereocenters. The van der Waals surface area contributed by atoms with E-state index in [2.05, 4.69) is 50.5 Å². The van der Waals surface area contributed by atoms with Gasteiger partial charge in [0.2, 0.25) is 0 Å². The molecule has 0 saturated carbocycles. The Morgan fingerprint density at radius 1 is 0.933 bits per heavy atom. The van der Waals surface area contributed by atoms with E-state index in [-0.39, 0.29) is 0 Å². The fraction of sp³-hybridized carbons (Fsp3) is 0.846. The van der Waals surface area contributed by atoms with Crippen LogP contribution in [-0.4, -0.2) is 49.1 Å². The summed E-state index contributed by atoms with van der Waals surface area (Å²) in [7, 11) is 0. The quantitative estimate of drug-likeness (QED) is 0.571. The Balaban J connectivity index is 3.89. The molecule has 0 spiro atoms. The predicted octanol–water partition coefficient (Wildman–Crippen LogP) is 2.62. The highest BCUT2D eigenvalue weighted by molar-refractivity contribution is 4.98. The predicted molar refractivity (Wildman–Crippen MR) is 69.3 cm³/mol. The summed E-state index contributed by atoms with van der Waals surface area (Å²) in [4.78, 5) is 4.99. The second kappa shape index (κ2) is 8.93. The number of likely N-dealkylation sites (N-methyl/N-ethyl adjacent to an activating group) is 2. The summed E-state index contributed by atoms with van der Waals surface area (Å²) in [6.45, 7) is 18.0. The van der Waals surface area contributed by atoms with Gasteiger partial charge in [0.15, 0.2) is 0 Å². The second-order valence-electron chi connectivity index (χ2n) is 4.03. The van der Waals surface area contributed by atoms with Gasteiger partial charge >= 0.3 is 0 Å². The highest BCUT2D eigenvalue weighted by Crippen LogP contribution is 1.98. The van der Waals surface area contributed by atoms with E-state index in [1.807, 2.05) is 0 Å². The maximum atomic E-state index is 2.51. The Bertz CT molecular complexity index is 171. The van der Waals surface area contributed by atoms with Crippen molar-refractivity contribution in [3.05, 3.63) is 11.6 Å². The molecule has 0 aliphatic carbocycles. The van der Waals surface area contributed by atoms with Gasteiger partial charge in [-0.1, -0.05) is 32.4 Å². The Kier molecular flexibility index (Phi) is 8.73. The van der Waals surface area contributed by atoms with Gasteiger partial charge in [-0.25, -0.2) is 0 Å². The van der Waals surface area contributed by atoms with Gasteiger partial charge in [-0.15, -0.1) is 0 Å². The SMILES string of the molecule is C/C=C(\C)CN(CC)CCN(CC)CC. The van der Waals surface area contributed by atoms with Gasteiger partial charge in [0.05, 0.1) is 0 Å². The van der Waals surface area contributed by atoms with Crippen LogP contribution in [0.1, 0.15) is 34.6 Å². The molecule has 0 heterocycles. The Labute approximate surface area is 95.9 Å². The molecule has 15 heavy (non-hydrogen) atoms. The van der Waals surface area contributed by atoms with Crippen LogP contribution in [0, 0.1) is 0 Å². The van der Waals surface area contributed by atoms with Crippen LogP contribution in [0.3, 0.4) is 0 Å². The van der Waals surface area contributed by atoms with E-state index in [4.69, 9.17) is 0 Å². The van der Waals surface area contributed by atoms with E-state index in [0.29, 0.717) is 0 Å². The molecular formula is C13H28N2. The monoisotopic (exact) mass is 212 g/mol. The minimum Gasteiger partial charge on any atom is -0.303 e. The number of allylic oxidation sites excluding steroid dienone is 1. The van der Waals surface area contributed by atoms with E-state index < -0.39 is 0 Å². The summed E-state index contributed by atoms with van der Waals surface area (Å²) in [5.74, 6) is 0. The van der Waals surface area contributed by atoms with Crippen LogP contribution in [0.15, 0.2) is 11.6 Å². The van der Waals surface area contributed by atoms with Crippen LogP contribution in [0.25, 0.3) is 0 Å². The standard InChI is InChI=1S/C13H28N2/c1-6-13(5)12-15(9-4)11-10-14(7-2)8-3/h6H,7-12H2,1-5H3/b13-6+. The van der Waals surface area contributed by atoms with Crippen molar-refractivity contribution < 1.29 is 0 Å². The van der Waals surface area contributed by atoms with Crippen molar-refractivity contribution in [1.29, 1.82) is 0 Å². The third-order valence-corrected chi connectivity index (χ3v) is 3.04. The second-order valence-corrected chi connectivity index (χ2v) is 4.03. The molecule has 0 N–H and O–H groups in total. The summed E-state index contributed by atoms with van der Waals surface area (Å²) in [6.07, 6.45) is 2.21. The normalized spacial score (nSPS) is 12.9. The van der Waals surface area contributed by atoms with Gasteiger partial charge in [-0.05, 0) is 33.5 Å². The highest BCUT2D eigenvalue weighted by atomic mass is 15.2. The topological polar surface area (TPSA) is 6.48 Å². The van der Waals surface area contributed by atoms with Gasteiger partial charge in [-0.3, -0.25) is 4.90 Å². The zero-order chi connectivity index (χ0) is 11.7. The molecule has 0 aromatic rings. The van der Waals surface area contributed by atoms with Gasteiger partial charge in [-0.2, -0.15) is 0 Å². The van der Waals surface area contributed by atoms with Crippen molar-refractivity contribution in [2.45, 2.75) is 34.6 Å². The smallest absolute Gasteiger partial charge is 0.0190 e. The van der Waals surface area contributed by atoms with Crippen molar-refractivity contribution in [2.75, 3.05) is 39.3 Å². The summed E-state index contributed by atoms with van der Waals surface area (Å²) in [6, 6.07) is 0. The molecule has 0 bridgehead atoms. The molecule has 0 atom stereocenters. The van der Waals surface area contributed by atoms with Crippen LogP contribution >= 0.6 is 0 Å². The minimum absolute atomic E-state index is 1.12.